The molecule has 0 aliphatic heterocycles. The molecule has 0 bridgehead atoms. The third-order valence-corrected chi connectivity index (χ3v) is 3.46. The van der Waals surface area contributed by atoms with E-state index >= 15 is 0 Å². The first-order valence-electron chi connectivity index (χ1n) is 8.04. The van der Waals surface area contributed by atoms with E-state index in [-0.39, 0.29) is 5.41 Å². The van der Waals surface area contributed by atoms with Gasteiger partial charge < -0.3 is 4.74 Å². The lowest BCUT2D eigenvalue weighted by Gasteiger charge is -2.26. The van der Waals surface area contributed by atoms with Gasteiger partial charge in [0, 0.05) is 17.9 Å². The van der Waals surface area contributed by atoms with Crippen LogP contribution in [0.4, 0.5) is 0 Å². The fourth-order valence-electron chi connectivity index (χ4n) is 2.53. The maximum absolute atomic E-state index is 6.01. The minimum absolute atomic E-state index is 0.0869. The van der Waals surface area contributed by atoms with Gasteiger partial charge >= 0.3 is 0 Å². The standard InChI is InChI=1S/C20H30O/c1-8-10-11-15(3)12-17-13-16(4)14-18(20(5,6)7)19(17)21-9-2/h13-15H,8-9,12H2,1-7H3. The van der Waals surface area contributed by atoms with Crippen molar-refractivity contribution in [3.63, 3.8) is 0 Å². The smallest absolute Gasteiger partial charge is 0.126 e. The third kappa shape index (κ3) is 5.12. The molecule has 1 atom stereocenters. The second kappa shape index (κ2) is 7.55. The summed E-state index contributed by atoms with van der Waals surface area (Å²) in [7, 11) is 0. The van der Waals surface area contributed by atoms with Gasteiger partial charge in [0.15, 0.2) is 0 Å². The molecular formula is C20H30O. The summed E-state index contributed by atoms with van der Waals surface area (Å²) in [6.45, 7) is 15.9. The Hall–Kier alpha value is -1.42. The zero-order valence-corrected chi connectivity index (χ0v) is 14.8. The van der Waals surface area contributed by atoms with E-state index in [9.17, 15) is 0 Å². The third-order valence-electron chi connectivity index (χ3n) is 3.46. The summed E-state index contributed by atoms with van der Waals surface area (Å²) >= 11 is 0. The van der Waals surface area contributed by atoms with E-state index in [0.717, 1.165) is 18.6 Å². The highest BCUT2D eigenvalue weighted by Gasteiger charge is 2.22. The quantitative estimate of drug-likeness (QED) is 0.684. The van der Waals surface area contributed by atoms with E-state index in [4.69, 9.17) is 4.74 Å². The van der Waals surface area contributed by atoms with Gasteiger partial charge in [0.2, 0.25) is 0 Å². The summed E-state index contributed by atoms with van der Waals surface area (Å²) in [5.74, 6) is 7.94. The van der Waals surface area contributed by atoms with Crippen molar-refractivity contribution in [1.29, 1.82) is 0 Å². The van der Waals surface area contributed by atoms with Gasteiger partial charge in [-0.25, -0.2) is 0 Å². The molecule has 0 saturated heterocycles. The van der Waals surface area contributed by atoms with Crippen LogP contribution in [0, 0.1) is 24.7 Å². The molecule has 0 aromatic heterocycles. The van der Waals surface area contributed by atoms with Crippen molar-refractivity contribution in [3.05, 3.63) is 28.8 Å². The Labute approximate surface area is 131 Å². The number of ether oxygens (including phenoxy) is 1. The average Bonchev–Trinajstić information content (AvgIpc) is 2.38. The molecule has 116 valence electrons. The zero-order chi connectivity index (χ0) is 16.0. The van der Waals surface area contributed by atoms with E-state index < -0.39 is 0 Å². The number of aryl methyl sites for hydroxylation is 1. The van der Waals surface area contributed by atoms with Crippen LogP contribution in [0.3, 0.4) is 0 Å². The van der Waals surface area contributed by atoms with Crippen LogP contribution in [0.25, 0.3) is 0 Å². The molecule has 0 amide bonds. The van der Waals surface area contributed by atoms with Crippen molar-refractivity contribution < 1.29 is 4.74 Å². The van der Waals surface area contributed by atoms with Crippen LogP contribution < -0.4 is 4.74 Å². The summed E-state index contributed by atoms with van der Waals surface area (Å²) < 4.78 is 6.01. The SMILES string of the molecule is CCC#CC(C)Cc1cc(C)cc(C(C)(C)C)c1OCC. The van der Waals surface area contributed by atoms with Gasteiger partial charge in [-0.05, 0) is 31.2 Å². The van der Waals surface area contributed by atoms with Gasteiger partial charge in [-0.3, -0.25) is 0 Å². The molecule has 1 heteroatoms. The Kier molecular flexibility index (Phi) is 6.34. The number of hydrogen-bond acceptors (Lipinski definition) is 1. The van der Waals surface area contributed by atoms with E-state index in [1.54, 1.807) is 0 Å². The molecule has 0 fully saturated rings. The predicted molar refractivity (Wildman–Crippen MR) is 92.0 cm³/mol. The second-order valence-electron chi connectivity index (χ2n) is 6.76. The normalized spacial score (nSPS) is 12.5. The number of benzene rings is 1. The summed E-state index contributed by atoms with van der Waals surface area (Å²) in [4.78, 5) is 0. The molecule has 0 spiro atoms. The highest BCUT2D eigenvalue weighted by atomic mass is 16.5. The molecule has 1 nitrogen and oxygen atoms in total. The van der Waals surface area contributed by atoms with Crippen molar-refractivity contribution in [2.45, 2.75) is 66.7 Å². The highest BCUT2D eigenvalue weighted by Crippen LogP contribution is 2.36. The first-order valence-corrected chi connectivity index (χ1v) is 8.04. The predicted octanol–water partition coefficient (Wildman–Crippen LogP) is 5.28. The summed E-state index contributed by atoms with van der Waals surface area (Å²) in [6, 6.07) is 4.52. The van der Waals surface area contributed by atoms with Gasteiger partial charge in [0.05, 0.1) is 6.61 Å². The Morgan fingerprint density at radius 3 is 2.38 bits per heavy atom. The molecular weight excluding hydrogens is 256 g/mol. The van der Waals surface area contributed by atoms with Gasteiger partial charge in [0.1, 0.15) is 5.75 Å². The maximum Gasteiger partial charge on any atom is 0.126 e. The lowest BCUT2D eigenvalue weighted by molar-refractivity contribution is 0.325. The topological polar surface area (TPSA) is 9.23 Å². The van der Waals surface area contributed by atoms with Crippen molar-refractivity contribution in [2.24, 2.45) is 5.92 Å². The molecule has 1 unspecified atom stereocenters. The van der Waals surface area contributed by atoms with Gasteiger partial charge in [-0.1, -0.05) is 58.2 Å². The Morgan fingerprint density at radius 2 is 1.86 bits per heavy atom. The molecule has 0 aliphatic carbocycles. The van der Waals surface area contributed by atoms with Crippen molar-refractivity contribution in [3.8, 4) is 17.6 Å². The van der Waals surface area contributed by atoms with Gasteiger partial charge in [-0.2, -0.15) is 0 Å². The number of hydrogen-bond donors (Lipinski definition) is 0. The molecule has 0 radical (unpaired) electrons. The van der Waals surface area contributed by atoms with Gasteiger partial charge in [-0.15, -0.1) is 5.92 Å². The Balaban J connectivity index is 3.26. The Bertz CT molecular complexity index is 523. The summed E-state index contributed by atoms with van der Waals surface area (Å²) in [5, 5.41) is 0. The second-order valence-corrected chi connectivity index (χ2v) is 6.76. The Morgan fingerprint density at radius 1 is 1.19 bits per heavy atom. The lowest BCUT2D eigenvalue weighted by atomic mass is 9.83. The van der Waals surface area contributed by atoms with Crippen LogP contribution >= 0.6 is 0 Å². The molecule has 21 heavy (non-hydrogen) atoms. The fourth-order valence-corrected chi connectivity index (χ4v) is 2.53. The molecule has 0 N–H and O–H groups in total. The molecule has 1 aromatic carbocycles. The van der Waals surface area contributed by atoms with Crippen LogP contribution in [0.5, 0.6) is 5.75 Å². The van der Waals surface area contributed by atoms with Crippen LogP contribution in [0.2, 0.25) is 0 Å². The summed E-state index contributed by atoms with van der Waals surface area (Å²) in [5.41, 5.74) is 3.98. The van der Waals surface area contributed by atoms with Crippen molar-refractivity contribution >= 4 is 0 Å². The summed E-state index contributed by atoms with van der Waals surface area (Å²) in [6.07, 6.45) is 1.87. The minimum atomic E-state index is 0.0869. The van der Waals surface area contributed by atoms with Crippen molar-refractivity contribution in [2.75, 3.05) is 6.61 Å². The molecule has 1 rings (SSSR count). The van der Waals surface area contributed by atoms with Gasteiger partial charge in [0.25, 0.3) is 0 Å². The minimum Gasteiger partial charge on any atom is -0.493 e. The van der Waals surface area contributed by atoms with Crippen LogP contribution in [0.1, 0.15) is 64.7 Å². The average molecular weight is 286 g/mol. The van der Waals surface area contributed by atoms with E-state index in [1.165, 1.54) is 16.7 Å². The first-order chi connectivity index (χ1) is 9.79. The van der Waals surface area contributed by atoms with E-state index in [2.05, 4.69) is 72.4 Å². The van der Waals surface area contributed by atoms with Crippen LogP contribution in [-0.2, 0) is 11.8 Å². The van der Waals surface area contributed by atoms with Crippen LogP contribution in [-0.4, -0.2) is 6.61 Å². The lowest BCUT2D eigenvalue weighted by Crippen LogP contribution is -2.16. The maximum atomic E-state index is 6.01. The molecule has 1 aromatic rings. The zero-order valence-electron chi connectivity index (χ0n) is 14.8. The first kappa shape index (κ1) is 17.6. The fraction of sp³-hybridized carbons (Fsp3) is 0.600. The van der Waals surface area contributed by atoms with E-state index in [1.807, 2.05) is 0 Å². The molecule has 0 saturated carbocycles. The van der Waals surface area contributed by atoms with Crippen LogP contribution in [0.15, 0.2) is 12.1 Å². The highest BCUT2D eigenvalue weighted by molar-refractivity contribution is 5.48. The monoisotopic (exact) mass is 286 g/mol. The largest absolute Gasteiger partial charge is 0.493 e. The molecule has 0 heterocycles. The number of rotatable bonds is 4. The van der Waals surface area contributed by atoms with E-state index in [0.29, 0.717) is 12.5 Å². The molecule has 0 aliphatic rings. The van der Waals surface area contributed by atoms with Crippen molar-refractivity contribution in [1.82, 2.24) is 0 Å².